The van der Waals surface area contributed by atoms with E-state index in [-0.39, 0.29) is 12.4 Å². The first-order chi connectivity index (χ1) is 13.0. The maximum atomic E-state index is 12.6. The average Bonchev–Trinajstić information content (AvgIpc) is 3.29. The molecule has 0 bridgehead atoms. The van der Waals surface area contributed by atoms with Gasteiger partial charge in [0, 0.05) is 36.1 Å². The second-order valence-electron chi connectivity index (χ2n) is 5.71. The lowest BCUT2D eigenvalue weighted by Gasteiger charge is -2.05. The summed E-state index contributed by atoms with van der Waals surface area (Å²) in [5, 5.41) is 13.4. The van der Waals surface area contributed by atoms with E-state index in [0.29, 0.717) is 23.5 Å². The van der Waals surface area contributed by atoms with E-state index in [1.165, 1.54) is 12.3 Å². The van der Waals surface area contributed by atoms with Gasteiger partial charge in [0.05, 0.1) is 23.5 Å². The molecule has 0 aliphatic rings. The van der Waals surface area contributed by atoms with Gasteiger partial charge in [-0.05, 0) is 24.3 Å². The number of nitrogens with zero attached hydrogens (tertiary/aromatic N) is 5. The largest absolute Gasteiger partial charge is 0.471 e. The van der Waals surface area contributed by atoms with Gasteiger partial charge >= 0.3 is 12.1 Å². The van der Waals surface area contributed by atoms with Gasteiger partial charge in [0.15, 0.2) is 0 Å². The van der Waals surface area contributed by atoms with Crippen LogP contribution >= 0.6 is 0 Å². The maximum Gasteiger partial charge on any atom is 0.471 e. The number of hydrogen-bond acceptors (Lipinski definition) is 6. The van der Waals surface area contributed by atoms with Crippen LogP contribution in [-0.4, -0.2) is 36.4 Å². The SMILES string of the molecule is OCCn1ccc2cnc(-c3cc(-c4noc(C(F)(F)F)n4)ccn3)cc21. The number of aliphatic hydroxyl groups is 1. The lowest BCUT2D eigenvalue weighted by molar-refractivity contribution is -0.159. The fraction of sp³-hybridized carbons (Fsp3) is 0.176. The third-order valence-electron chi connectivity index (χ3n) is 3.95. The molecule has 0 saturated heterocycles. The molecule has 0 aromatic carbocycles. The summed E-state index contributed by atoms with van der Waals surface area (Å²) in [6, 6.07) is 6.71. The Hall–Kier alpha value is -3.27. The Bertz CT molecular complexity index is 1100. The fourth-order valence-corrected chi connectivity index (χ4v) is 2.69. The van der Waals surface area contributed by atoms with Crippen LogP contribution in [0, 0.1) is 0 Å². The van der Waals surface area contributed by atoms with Gasteiger partial charge in [-0.1, -0.05) is 5.16 Å². The van der Waals surface area contributed by atoms with E-state index in [4.69, 9.17) is 5.11 Å². The third-order valence-corrected chi connectivity index (χ3v) is 3.95. The van der Waals surface area contributed by atoms with E-state index < -0.39 is 12.1 Å². The topological polar surface area (TPSA) is 89.9 Å². The predicted molar refractivity (Wildman–Crippen MR) is 88.3 cm³/mol. The second-order valence-corrected chi connectivity index (χ2v) is 5.71. The standard InChI is InChI=1S/C17H12F3N5O2/c18-17(19,20)16-23-15(24-27-16)10-1-3-21-12(7-10)13-8-14-11(9-22-13)2-4-25(14)5-6-26/h1-4,7-9,26H,5-6H2. The molecule has 0 saturated carbocycles. The van der Waals surface area contributed by atoms with E-state index in [0.717, 1.165) is 10.9 Å². The number of aliphatic hydroxyl groups excluding tert-OH is 1. The highest BCUT2D eigenvalue weighted by molar-refractivity contribution is 5.83. The van der Waals surface area contributed by atoms with Crippen LogP contribution in [0.25, 0.3) is 33.7 Å². The predicted octanol–water partition coefficient (Wildman–Crippen LogP) is 3.16. The molecule has 0 unspecified atom stereocenters. The Balaban J connectivity index is 1.73. The van der Waals surface area contributed by atoms with Crippen molar-refractivity contribution in [2.75, 3.05) is 6.61 Å². The average molecular weight is 375 g/mol. The molecule has 0 radical (unpaired) electrons. The van der Waals surface area contributed by atoms with Gasteiger partial charge in [0.1, 0.15) is 0 Å². The van der Waals surface area contributed by atoms with Gasteiger partial charge in [-0.2, -0.15) is 18.2 Å². The summed E-state index contributed by atoms with van der Waals surface area (Å²) in [5.74, 6) is -1.59. The molecule has 0 atom stereocenters. The van der Waals surface area contributed by atoms with Crippen LogP contribution < -0.4 is 0 Å². The molecule has 0 spiro atoms. The van der Waals surface area contributed by atoms with E-state index in [2.05, 4.69) is 24.6 Å². The Morgan fingerprint density at radius 2 is 1.93 bits per heavy atom. The zero-order valence-corrected chi connectivity index (χ0v) is 13.7. The number of pyridine rings is 2. The van der Waals surface area contributed by atoms with Crippen molar-refractivity contribution in [1.29, 1.82) is 0 Å². The van der Waals surface area contributed by atoms with Crippen molar-refractivity contribution >= 4 is 10.9 Å². The summed E-state index contributed by atoms with van der Waals surface area (Å²) in [4.78, 5) is 12.0. The van der Waals surface area contributed by atoms with E-state index in [1.54, 1.807) is 18.3 Å². The van der Waals surface area contributed by atoms with Crippen LogP contribution in [0.5, 0.6) is 0 Å². The minimum atomic E-state index is -4.70. The Labute approximate surface area is 150 Å². The van der Waals surface area contributed by atoms with Crippen molar-refractivity contribution in [2.45, 2.75) is 12.7 Å². The van der Waals surface area contributed by atoms with E-state index >= 15 is 0 Å². The maximum absolute atomic E-state index is 12.6. The molecule has 0 amide bonds. The number of rotatable bonds is 4. The zero-order valence-electron chi connectivity index (χ0n) is 13.7. The first-order valence-corrected chi connectivity index (χ1v) is 7.89. The number of halogens is 3. The highest BCUT2D eigenvalue weighted by atomic mass is 19.4. The van der Waals surface area contributed by atoms with E-state index in [9.17, 15) is 13.2 Å². The second kappa shape index (κ2) is 6.47. The van der Waals surface area contributed by atoms with Gasteiger partial charge in [-0.3, -0.25) is 9.97 Å². The molecular formula is C17H12F3N5O2. The van der Waals surface area contributed by atoms with Gasteiger partial charge in [-0.15, -0.1) is 0 Å². The molecule has 1 N–H and O–H groups in total. The zero-order chi connectivity index (χ0) is 19.0. The van der Waals surface area contributed by atoms with Crippen LogP contribution in [0.1, 0.15) is 5.89 Å². The van der Waals surface area contributed by atoms with Gasteiger partial charge in [0.2, 0.25) is 5.82 Å². The molecule has 4 heterocycles. The minimum Gasteiger partial charge on any atom is -0.395 e. The molecule has 4 rings (SSSR count). The number of hydrogen-bond donors (Lipinski definition) is 1. The van der Waals surface area contributed by atoms with Gasteiger partial charge < -0.3 is 14.2 Å². The van der Waals surface area contributed by atoms with Crippen LogP contribution in [0.2, 0.25) is 0 Å². The van der Waals surface area contributed by atoms with E-state index in [1.807, 2.05) is 16.8 Å². The number of alkyl halides is 3. The smallest absolute Gasteiger partial charge is 0.395 e. The Morgan fingerprint density at radius 1 is 1.11 bits per heavy atom. The first kappa shape index (κ1) is 17.2. The third kappa shape index (κ3) is 3.26. The summed E-state index contributed by atoms with van der Waals surface area (Å²) < 4.78 is 44.1. The van der Waals surface area contributed by atoms with Gasteiger partial charge in [0.25, 0.3) is 0 Å². The van der Waals surface area contributed by atoms with Crippen molar-refractivity contribution in [2.24, 2.45) is 0 Å². The highest BCUT2D eigenvalue weighted by Crippen LogP contribution is 2.30. The van der Waals surface area contributed by atoms with Crippen LogP contribution in [0.3, 0.4) is 0 Å². The summed E-state index contributed by atoms with van der Waals surface area (Å²) in [5.41, 5.74) is 2.17. The van der Waals surface area contributed by atoms with Crippen molar-refractivity contribution < 1.29 is 22.8 Å². The van der Waals surface area contributed by atoms with Crippen molar-refractivity contribution in [3.05, 3.63) is 48.7 Å². The minimum absolute atomic E-state index is 0.00542. The van der Waals surface area contributed by atoms with Gasteiger partial charge in [-0.25, -0.2) is 0 Å². The molecule has 0 aliphatic carbocycles. The van der Waals surface area contributed by atoms with Crippen LogP contribution in [0.4, 0.5) is 13.2 Å². The van der Waals surface area contributed by atoms with Crippen molar-refractivity contribution in [1.82, 2.24) is 24.7 Å². The molecule has 4 aromatic rings. The molecule has 27 heavy (non-hydrogen) atoms. The molecule has 0 fully saturated rings. The van der Waals surface area contributed by atoms with Crippen LogP contribution in [0.15, 0.2) is 47.4 Å². The Morgan fingerprint density at radius 3 is 2.67 bits per heavy atom. The summed E-state index contributed by atoms with van der Waals surface area (Å²) in [6.45, 7) is 0.429. The van der Waals surface area contributed by atoms with Crippen molar-refractivity contribution in [3.63, 3.8) is 0 Å². The fourth-order valence-electron chi connectivity index (χ4n) is 2.69. The van der Waals surface area contributed by atoms with Crippen molar-refractivity contribution in [3.8, 4) is 22.8 Å². The Kier molecular flexibility index (Phi) is 4.11. The van der Waals surface area contributed by atoms with Crippen LogP contribution in [-0.2, 0) is 12.7 Å². The number of fused-ring (bicyclic) bond motifs is 1. The lowest BCUT2D eigenvalue weighted by Crippen LogP contribution is -2.04. The summed E-state index contributed by atoms with van der Waals surface area (Å²) in [7, 11) is 0. The normalized spacial score (nSPS) is 12.0. The first-order valence-electron chi connectivity index (χ1n) is 7.89. The molecule has 0 aliphatic heterocycles. The monoisotopic (exact) mass is 375 g/mol. The molecule has 7 nitrogen and oxygen atoms in total. The molecule has 138 valence electrons. The molecular weight excluding hydrogens is 363 g/mol. The summed E-state index contributed by atoms with van der Waals surface area (Å²) in [6.07, 6.45) is 0.246. The highest BCUT2D eigenvalue weighted by Gasteiger charge is 2.38. The molecule has 10 heteroatoms. The quantitative estimate of drug-likeness (QED) is 0.589. The summed E-state index contributed by atoms with van der Waals surface area (Å²) >= 11 is 0. The number of aromatic nitrogens is 5. The lowest BCUT2D eigenvalue weighted by atomic mass is 10.1. The molecule has 4 aromatic heterocycles.